The molecule has 0 amide bonds. The molecule has 2 nitrogen and oxygen atoms in total. The molecule has 1 heterocycles. The summed E-state index contributed by atoms with van der Waals surface area (Å²) in [6.45, 7) is 4.13. The van der Waals surface area contributed by atoms with Crippen molar-refractivity contribution in [2.45, 2.75) is 32.2 Å². The number of aromatic nitrogens is 1. The van der Waals surface area contributed by atoms with E-state index < -0.39 is 0 Å². The van der Waals surface area contributed by atoms with Gasteiger partial charge in [0.15, 0.2) is 0 Å². The fraction of sp³-hybridized carbons (Fsp3) is 0.500. The summed E-state index contributed by atoms with van der Waals surface area (Å²) in [6.07, 6.45) is 3.58. The van der Waals surface area contributed by atoms with Crippen LogP contribution in [0.2, 0.25) is 5.15 Å². The summed E-state index contributed by atoms with van der Waals surface area (Å²) >= 11 is 5.67. The summed E-state index contributed by atoms with van der Waals surface area (Å²) in [7, 11) is 0. The first-order chi connectivity index (χ1) is 6.03. The first kappa shape index (κ1) is 10.5. The van der Waals surface area contributed by atoms with Crippen LogP contribution in [0.4, 0.5) is 0 Å². The maximum absolute atomic E-state index is 6.03. The van der Waals surface area contributed by atoms with Crippen LogP contribution in [0, 0.1) is 0 Å². The van der Waals surface area contributed by atoms with Gasteiger partial charge in [-0.05, 0) is 31.4 Å². The van der Waals surface area contributed by atoms with Crippen LogP contribution in [0.1, 0.15) is 25.8 Å². The van der Waals surface area contributed by atoms with E-state index in [1.807, 2.05) is 13.0 Å². The standard InChI is InChI=1S/C10H15ClN2/c1-3-10(2,12)6-8-4-5-9(11)13-7-8/h4-5,7H,3,6,12H2,1-2H3. The molecular formula is C10H15ClN2. The SMILES string of the molecule is CCC(C)(N)Cc1ccc(Cl)nc1. The Hall–Kier alpha value is -0.600. The smallest absolute Gasteiger partial charge is 0.129 e. The van der Waals surface area contributed by atoms with Crippen LogP contribution >= 0.6 is 11.6 Å². The number of hydrogen-bond acceptors (Lipinski definition) is 2. The van der Waals surface area contributed by atoms with E-state index in [0.29, 0.717) is 5.15 Å². The molecule has 0 aliphatic heterocycles. The third-order valence-electron chi connectivity index (χ3n) is 2.20. The van der Waals surface area contributed by atoms with Gasteiger partial charge in [-0.1, -0.05) is 24.6 Å². The summed E-state index contributed by atoms with van der Waals surface area (Å²) in [6, 6.07) is 3.76. The van der Waals surface area contributed by atoms with Gasteiger partial charge < -0.3 is 5.73 Å². The van der Waals surface area contributed by atoms with Crippen LogP contribution in [0.25, 0.3) is 0 Å². The minimum atomic E-state index is -0.143. The van der Waals surface area contributed by atoms with Crippen molar-refractivity contribution in [3.05, 3.63) is 29.0 Å². The van der Waals surface area contributed by atoms with Crippen molar-refractivity contribution in [1.29, 1.82) is 0 Å². The lowest BCUT2D eigenvalue weighted by atomic mass is 9.92. The Labute approximate surface area is 84.1 Å². The summed E-state index contributed by atoms with van der Waals surface area (Å²) in [5.41, 5.74) is 7.02. The van der Waals surface area contributed by atoms with E-state index in [0.717, 1.165) is 18.4 Å². The normalized spacial score (nSPS) is 15.4. The third kappa shape index (κ3) is 3.33. The second kappa shape index (κ2) is 4.07. The van der Waals surface area contributed by atoms with Gasteiger partial charge in [0.1, 0.15) is 5.15 Å². The van der Waals surface area contributed by atoms with Gasteiger partial charge in [-0.2, -0.15) is 0 Å². The highest BCUT2D eigenvalue weighted by atomic mass is 35.5. The van der Waals surface area contributed by atoms with E-state index in [9.17, 15) is 0 Å². The second-order valence-electron chi connectivity index (χ2n) is 3.67. The molecule has 0 fully saturated rings. The summed E-state index contributed by atoms with van der Waals surface area (Å²) in [5, 5.41) is 0.527. The number of nitrogens with zero attached hydrogens (tertiary/aromatic N) is 1. The first-order valence-corrected chi connectivity index (χ1v) is 4.80. The Kier molecular flexibility index (Phi) is 3.28. The number of pyridine rings is 1. The van der Waals surface area contributed by atoms with Gasteiger partial charge >= 0.3 is 0 Å². The zero-order valence-electron chi connectivity index (χ0n) is 8.05. The van der Waals surface area contributed by atoms with Crippen LogP contribution in [0.15, 0.2) is 18.3 Å². The molecule has 2 N–H and O–H groups in total. The van der Waals surface area contributed by atoms with Gasteiger partial charge in [-0.15, -0.1) is 0 Å². The number of rotatable bonds is 3. The van der Waals surface area contributed by atoms with Crippen LogP contribution in [0.3, 0.4) is 0 Å². The fourth-order valence-corrected chi connectivity index (χ4v) is 1.21. The predicted octanol–water partition coefficient (Wildman–Crippen LogP) is 2.40. The predicted molar refractivity (Wildman–Crippen MR) is 55.8 cm³/mol. The molecule has 0 aromatic carbocycles. The van der Waals surface area contributed by atoms with Gasteiger partial charge in [0.25, 0.3) is 0 Å². The van der Waals surface area contributed by atoms with Crippen molar-refractivity contribution < 1.29 is 0 Å². The molecule has 1 rings (SSSR count). The quantitative estimate of drug-likeness (QED) is 0.758. The first-order valence-electron chi connectivity index (χ1n) is 4.43. The Morgan fingerprint density at radius 2 is 2.23 bits per heavy atom. The molecule has 0 saturated carbocycles. The highest BCUT2D eigenvalue weighted by molar-refractivity contribution is 6.29. The molecule has 0 aliphatic carbocycles. The monoisotopic (exact) mass is 198 g/mol. The lowest BCUT2D eigenvalue weighted by Crippen LogP contribution is -2.37. The molecule has 1 aromatic heterocycles. The topological polar surface area (TPSA) is 38.9 Å². The van der Waals surface area contributed by atoms with Crippen molar-refractivity contribution in [2.75, 3.05) is 0 Å². The molecule has 0 aliphatic rings. The molecule has 1 unspecified atom stereocenters. The van der Waals surface area contributed by atoms with Crippen LogP contribution in [0.5, 0.6) is 0 Å². The highest BCUT2D eigenvalue weighted by Crippen LogP contribution is 2.14. The maximum atomic E-state index is 6.03. The summed E-state index contributed by atoms with van der Waals surface area (Å²) < 4.78 is 0. The van der Waals surface area contributed by atoms with Crippen LogP contribution in [-0.4, -0.2) is 10.5 Å². The lowest BCUT2D eigenvalue weighted by molar-refractivity contribution is 0.449. The van der Waals surface area contributed by atoms with E-state index in [4.69, 9.17) is 17.3 Å². The Bertz CT molecular complexity index is 267. The zero-order chi connectivity index (χ0) is 9.90. The van der Waals surface area contributed by atoms with Crippen LogP contribution < -0.4 is 5.73 Å². The average molecular weight is 199 g/mol. The van der Waals surface area contributed by atoms with Crippen molar-refractivity contribution in [1.82, 2.24) is 4.98 Å². The number of halogens is 1. The van der Waals surface area contributed by atoms with E-state index in [2.05, 4.69) is 11.9 Å². The molecule has 1 aromatic rings. The van der Waals surface area contributed by atoms with E-state index >= 15 is 0 Å². The van der Waals surface area contributed by atoms with Crippen molar-refractivity contribution in [3.63, 3.8) is 0 Å². The lowest BCUT2D eigenvalue weighted by Gasteiger charge is -2.22. The molecule has 1 atom stereocenters. The van der Waals surface area contributed by atoms with E-state index in [-0.39, 0.29) is 5.54 Å². The van der Waals surface area contributed by atoms with E-state index in [1.165, 1.54) is 0 Å². The number of nitrogens with two attached hydrogens (primary N) is 1. The molecule has 0 bridgehead atoms. The van der Waals surface area contributed by atoms with Gasteiger partial charge in [-0.3, -0.25) is 0 Å². The Morgan fingerprint density at radius 3 is 2.69 bits per heavy atom. The van der Waals surface area contributed by atoms with Crippen molar-refractivity contribution in [2.24, 2.45) is 5.73 Å². The van der Waals surface area contributed by atoms with Crippen LogP contribution in [-0.2, 0) is 6.42 Å². The Balaban J connectivity index is 2.69. The largest absolute Gasteiger partial charge is 0.325 e. The van der Waals surface area contributed by atoms with Crippen molar-refractivity contribution in [3.8, 4) is 0 Å². The van der Waals surface area contributed by atoms with Gasteiger partial charge in [-0.25, -0.2) is 4.98 Å². The minimum absolute atomic E-state index is 0.143. The van der Waals surface area contributed by atoms with Gasteiger partial charge in [0.2, 0.25) is 0 Å². The van der Waals surface area contributed by atoms with E-state index in [1.54, 1.807) is 12.3 Å². The molecule has 0 spiro atoms. The van der Waals surface area contributed by atoms with Gasteiger partial charge in [0.05, 0.1) is 0 Å². The summed E-state index contributed by atoms with van der Waals surface area (Å²) in [5.74, 6) is 0. The van der Waals surface area contributed by atoms with Gasteiger partial charge in [0, 0.05) is 11.7 Å². The molecule has 3 heteroatoms. The average Bonchev–Trinajstić information content (AvgIpc) is 2.09. The highest BCUT2D eigenvalue weighted by Gasteiger charge is 2.15. The molecular weight excluding hydrogens is 184 g/mol. The maximum Gasteiger partial charge on any atom is 0.129 e. The third-order valence-corrected chi connectivity index (χ3v) is 2.43. The Morgan fingerprint density at radius 1 is 1.54 bits per heavy atom. The minimum Gasteiger partial charge on any atom is -0.325 e. The fourth-order valence-electron chi connectivity index (χ4n) is 1.10. The molecule has 72 valence electrons. The summed E-state index contributed by atoms with van der Waals surface area (Å²) in [4.78, 5) is 4.01. The molecule has 0 saturated heterocycles. The number of hydrogen-bond donors (Lipinski definition) is 1. The molecule has 0 radical (unpaired) electrons. The second-order valence-corrected chi connectivity index (χ2v) is 4.06. The molecule has 13 heavy (non-hydrogen) atoms. The van der Waals surface area contributed by atoms with Crippen molar-refractivity contribution >= 4 is 11.6 Å². The zero-order valence-corrected chi connectivity index (χ0v) is 8.80.